The molecule has 1 saturated heterocycles. The van der Waals surface area contributed by atoms with Crippen LogP contribution in [0.15, 0.2) is 34.6 Å². The Balaban J connectivity index is 0.00000320. The van der Waals surface area contributed by atoms with E-state index in [1.807, 2.05) is 23.3 Å². The fourth-order valence-electron chi connectivity index (χ4n) is 3.15. The Morgan fingerprint density at radius 3 is 2.47 bits per heavy atom. The van der Waals surface area contributed by atoms with Gasteiger partial charge in [-0.15, -0.1) is 35.3 Å². The average Bonchev–Trinajstić information content (AvgIpc) is 3.13. The van der Waals surface area contributed by atoms with Gasteiger partial charge in [-0.05, 0) is 41.6 Å². The molecule has 5 nitrogen and oxygen atoms in total. The van der Waals surface area contributed by atoms with Gasteiger partial charge >= 0.3 is 6.18 Å². The minimum absolute atomic E-state index is 0. The maximum Gasteiger partial charge on any atom is 0.416 e. The van der Waals surface area contributed by atoms with Crippen molar-refractivity contribution < 1.29 is 17.9 Å². The number of guanidine groups is 1. The number of halogens is 4. The Bertz CT molecular complexity index is 851. The summed E-state index contributed by atoms with van der Waals surface area (Å²) >= 11 is 1.63. The Morgan fingerprint density at radius 1 is 1.17 bits per heavy atom. The highest BCUT2D eigenvalue weighted by Crippen LogP contribution is 2.35. The Kier molecular flexibility index (Phi) is 9.23. The van der Waals surface area contributed by atoms with Crippen LogP contribution in [0.25, 0.3) is 0 Å². The van der Waals surface area contributed by atoms with Crippen molar-refractivity contribution >= 4 is 47.0 Å². The summed E-state index contributed by atoms with van der Waals surface area (Å²) in [7, 11) is 1.60. The van der Waals surface area contributed by atoms with E-state index in [1.54, 1.807) is 24.5 Å². The van der Waals surface area contributed by atoms with E-state index in [-0.39, 0.29) is 36.1 Å². The number of aliphatic imine (C=N–C) groups is 1. The SMILES string of the molecule is CN=C(NCc1ccc(N2CCOCC2)cc1C(F)(F)F)NCc1sccc1C.I. The van der Waals surface area contributed by atoms with Crippen LogP contribution in [-0.2, 0) is 24.0 Å². The molecule has 0 radical (unpaired) electrons. The van der Waals surface area contributed by atoms with Crippen molar-refractivity contribution in [3.8, 4) is 0 Å². The molecule has 1 aromatic carbocycles. The van der Waals surface area contributed by atoms with Crippen LogP contribution < -0.4 is 15.5 Å². The van der Waals surface area contributed by atoms with E-state index in [9.17, 15) is 13.2 Å². The molecule has 0 amide bonds. The molecule has 1 aliphatic heterocycles. The molecule has 3 rings (SSSR count). The summed E-state index contributed by atoms with van der Waals surface area (Å²) in [5.74, 6) is 0.461. The van der Waals surface area contributed by atoms with E-state index >= 15 is 0 Å². The number of aryl methyl sites for hydroxylation is 1. The zero-order valence-corrected chi connectivity index (χ0v) is 20.0. The van der Waals surface area contributed by atoms with Gasteiger partial charge in [0.15, 0.2) is 5.96 Å². The quantitative estimate of drug-likeness (QED) is 0.327. The van der Waals surface area contributed by atoms with E-state index < -0.39 is 11.7 Å². The predicted octanol–water partition coefficient (Wildman–Crippen LogP) is 4.40. The van der Waals surface area contributed by atoms with Gasteiger partial charge in [-0.25, -0.2) is 0 Å². The van der Waals surface area contributed by atoms with Crippen molar-refractivity contribution in [2.75, 3.05) is 38.3 Å². The fourth-order valence-corrected chi connectivity index (χ4v) is 4.00. The average molecular weight is 554 g/mol. The summed E-state index contributed by atoms with van der Waals surface area (Å²) in [5, 5.41) is 8.15. The zero-order chi connectivity index (χ0) is 20.9. The maximum absolute atomic E-state index is 13.7. The molecule has 0 saturated carbocycles. The number of benzene rings is 1. The molecule has 0 bridgehead atoms. The molecular weight excluding hydrogens is 528 g/mol. The number of thiophene rings is 1. The second kappa shape index (κ2) is 11.2. The Hall–Kier alpha value is -1.53. The number of morpholine rings is 1. The van der Waals surface area contributed by atoms with Gasteiger partial charge in [0, 0.05) is 37.2 Å². The largest absolute Gasteiger partial charge is 0.416 e. The molecule has 1 aliphatic rings. The number of hydrogen-bond acceptors (Lipinski definition) is 4. The van der Waals surface area contributed by atoms with Gasteiger partial charge in [0.2, 0.25) is 0 Å². The second-order valence-electron chi connectivity index (χ2n) is 6.74. The van der Waals surface area contributed by atoms with Crippen molar-refractivity contribution in [2.24, 2.45) is 4.99 Å². The Morgan fingerprint density at radius 2 is 1.87 bits per heavy atom. The molecule has 1 aromatic heterocycles. The van der Waals surface area contributed by atoms with Crippen molar-refractivity contribution in [1.29, 1.82) is 0 Å². The topological polar surface area (TPSA) is 48.9 Å². The minimum atomic E-state index is -4.43. The third-order valence-electron chi connectivity index (χ3n) is 4.83. The molecule has 166 valence electrons. The van der Waals surface area contributed by atoms with Crippen molar-refractivity contribution in [3.05, 3.63) is 51.2 Å². The molecule has 1 fully saturated rings. The highest BCUT2D eigenvalue weighted by atomic mass is 127. The molecule has 0 aliphatic carbocycles. The van der Waals surface area contributed by atoms with Gasteiger partial charge in [-0.3, -0.25) is 4.99 Å². The summed E-state index contributed by atoms with van der Waals surface area (Å²) in [6.07, 6.45) is -4.43. The van der Waals surface area contributed by atoms with Gasteiger partial charge in [-0.2, -0.15) is 13.2 Å². The van der Waals surface area contributed by atoms with Crippen LogP contribution in [0.5, 0.6) is 0 Å². The summed E-state index contributed by atoms with van der Waals surface area (Å²) in [6.45, 7) is 4.86. The Labute approximate surface area is 195 Å². The second-order valence-corrected chi connectivity index (χ2v) is 7.75. The van der Waals surface area contributed by atoms with Crippen LogP contribution >= 0.6 is 35.3 Å². The van der Waals surface area contributed by atoms with E-state index in [1.165, 1.54) is 22.6 Å². The van der Waals surface area contributed by atoms with Gasteiger partial charge < -0.3 is 20.3 Å². The van der Waals surface area contributed by atoms with Gasteiger partial charge in [0.1, 0.15) is 0 Å². The first-order chi connectivity index (χ1) is 13.9. The molecule has 0 spiro atoms. The van der Waals surface area contributed by atoms with Gasteiger partial charge in [0.25, 0.3) is 0 Å². The molecule has 2 N–H and O–H groups in total. The number of alkyl halides is 3. The number of nitrogens with one attached hydrogen (secondary N) is 2. The molecule has 0 atom stereocenters. The van der Waals surface area contributed by atoms with Crippen LogP contribution in [0.3, 0.4) is 0 Å². The lowest BCUT2D eigenvalue weighted by Crippen LogP contribution is -2.37. The smallest absolute Gasteiger partial charge is 0.378 e. The van der Waals surface area contributed by atoms with Gasteiger partial charge in [-0.1, -0.05) is 6.07 Å². The first-order valence-corrected chi connectivity index (χ1v) is 10.3. The minimum Gasteiger partial charge on any atom is -0.378 e. The predicted molar refractivity (Wildman–Crippen MR) is 126 cm³/mol. The highest BCUT2D eigenvalue weighted by Gasteiger charge is 2.34. The number of nitrogens with zero attached hydrogens (tertiary/aromatic N) is 2. The first-order valence-electron chi connectivity index (χ1n) is 9.39. The lowest BCUT2D eigenvalue weighted by molar-refractivity contribution is -0.138. The lowest BCUT2D eigenvalue weighted by Gasteiger charge is -2.29. The van der Waals surface area contributed by atoms with Crippen LogP contribution in [0.1, 0.15) is 21.6 Å². The number of anilines is 1. The molecular formula is C20H26F3IN4OS. The third-order valence-corrected chi connectivity index (χ3v) is 5.85. The lowest BCUT2D eigenvalue weighted by atomic mass is 10.0. The summed E-state index contributed by atoms with van der Waals surface area (Å²) in [5.41, 5.74) is 1.30. The number of rotatable bonds is 5. The van der Waals surface area contributed by atoms with E-state index in [2.05, 4.69) is 15.6 Å². The normalized spacial score (nSPS) is 15.0. The third kappa shape index (κ3) is 6.48. The molecule has 2 heterocycles. The van der Waals surface area contributed by atoms with E-state index in [4.69, 9.17) is 4.74 Å². The molecule has 10 heteroatoms. The zero-order valence-electron chi connectivity index (χ0n) is 16.9. The number of ether oxygens (including phenoxy) is 1. The molecule has 2 aromatic rings. The van der Waals surface area contributed by atoms with Crippen LogP contribution in [0.4, 0.5) is 18.9 Å². The van der Waals surface area contributed by atoms with Crippen LogP contribution in [-0.4, -0.2) is 39.3 Å². The summed E-state index contributed by atoms with van der Waals surface area (Å²) in [4.78, 5) is 7.19. The van der Waals surface area contributed by atoms with Gasteiger partial charge in [0.05, 0.1) is 25.3 Å². The van der Waals surface area contributed by atoms with E-state index in [0.29, 0.717) is 44.5 Å². The summed E-state index contributed by atoms with van der Waals surface area (Å²) < 4.78 is 46.3. The van der Waals surface area contributed by atoms with Crippen molar-refractivity contribution in [2.45, 2.75) is 26.2 Å². The maximum atomic E-state index is 13.7. The van der Waals surface area contributed by atoms with Crippen LogP contribution in [0, 0.1) is 6.92 Å². The monoisotopic (exact) mass is 554 g/mol. The van der Waals surface area contributed by atoms with Crippen LogP contribution in [0.2, 0.25) is 0 Å². The standard InChI is InChI=1S/C20H25F3N4OS.HI/c1-14-5-10-29-18(14)13-26-19(24-2)25-12-15-3-4-16(11-17(15)20(21,22)23)27-6-8-28-9-7-27;/h3-5,10-11H,6-9,12-13H2,1-2H3,(H2,24,25,26);1H. The number of hydrogen-bond donors (Lipinski definition) is 2. The summed E-state index contributed by atoms with van der Waals surface area (Å²) in [6, 6.07) is 6.54. The first kappa shape index (κ1) is 24.7. The highest BCUT2D eigenvalue weighted by molar-refractivity contribution is 14.0. The molecule has 30 heavy (non-hydrogen) atoms. The fraction of sp³-hybridized carbons (Fsp3) is 0.450. The molecule has 0 unspecified atom stereocenters. The van der Waals surface area contributed by atoms with Crippen molar-refractivity contribution in [3.63, 3.8) is 0 Å². The van der Waals surface area contributed by atoms with E-state index in [0.717, 1.165) is 0 Å². The van der Waals surface area contributed by atoms with Crippen molar-refractivity contribution in [1.82, 2.24) is 10.6 Å².